The van der Waals surface area contributed by atoms with Gasteiger partial charge in [0.05, 0.1) is 19.3 Å². The molecule has 1 saturated carbocycles. The number of tetrazole rings is 1. The van der Waals surface area contributed by atoms with Gasteiger partial charge in [0.1, 0.15) is 16.5 Å². The molecule has 0 spiro atoms. The lowest BCUT2D eigenvalue weighted by atomic mass is 9.83. The van der Waals surface area contributed by atoms with Crippen LogP contribution in [-0.2, 0) is 6.54 Å². The Morgan fingerprint density at radius 3 is 2.72 bits per heavy atom. The van der Waals surface area contributed by atoms with Crippen LogP contribution in [0.4, 0.5) is 0 Å². The van der Waals surface area contributed by atoms with E-state index in [-0.39, 0.29) is 0 Å². The molecule has 3 heterocycles. The first-order valence-corrected chi connectivity index (χ1v) is 13.4. The van der Waals surface area contributed by atoms with Gasteiger partial charge in [0, 0.05) is 27.8 Å². The van der Waals surface area contributed by atoms with Gasteiger partial charge in [0.25, 0.3) is 0 Å². The van der Waals surface area contributed by atoms with Gasteiger partial charge in [-0.25, -0.2) is 9.97 Å². The summed E-state index contributed by atoms with van der Waals surface area (Å²) in [6.07, 6.45) is 3.82. The molecule has 1 fully saturated rings. The largest absolute Gasteiger partial charge is 0.497 e. The number of rotatable bonds is 6. The molecule has 7 nitrogen and oxygen atoms in total. The third-order valence-electron chi connectivity index (χ3n) is 6.14. The Kier molecular flexibility index (Phi) is 6.28. The average Bonchev–Trinajstić information content (AvgIpc) is 3.64. The number of aromatic nitrogens is 6. The van der Waals surface area contributed by atoms with Crippen LogP contribution in [-0.4, -0.2) is 37.3 Å². The summed E-state index contributed by atoms with van der Waals surface area (Å²) >= 11 is 3.18. The maximum absolute atomic E-state index is 5.21. The quantitative estimate of drug-likeness (QED) is 0.275. The molecule has 5 aromatic rings. The molecule has 178 valence electrons. The predicted molar refractivity (Wildman–Crippen MR) is 141 cm³/mol. The Morgan fingerprint density at radius 2 is 1.92 bits per heavy atom. The van der Waals surface area contributed by atoms with Gasteiger partial charge >= 0.3 is 0 Å². The van der Waals surface area contributed by atoms with Crippen LogP contribution < -0.4 is 4.74 Å². The maximum atomic E-state index is 5.21. The predicted octanol–water partition coefficient (Wildman–Crippen LogP) is 5.64. The number of nitrogens with zero attached hydrogens (tertiary/aromatic N) is 6. The second kappa shape index (κ2) is 10.0. The lowest BCUT2D eigenvalue weighted by Gasteiger charge is -2.22. The van der Waals surface area contributed by atoms with Gasteiger partial charge in [-0.3, -0.25) is 0 Å². The van der Waals surface area contributed by atoms with E-state index in [1.165, 1.54) is 25.0 Å². The molecule has 2 aromatic carbocycles. The molecule has 36 heavy (non-hydrogen) atoms. The molecule has 9 heteroatoms. The SMILES string of the molecule is COc1ccc(Cn2nnc(-c3csc(-c4cccc(C#Cc5nc(C6CCC6)cs5)c4)n3)n2)cc1. The highest BCUT2D eigenvalue weighted by atomic mass is 32.1. The van der Waals surface area contributed by atoms with Crippen molar-refractivity contribution in [2.75, 3.05) is 7.11 Å². The number of methoxy groups -OCH3 is 1. The molecular weight excluding hydrogens is 488 g/mol. The van der Waals surface area contributed by atoms with E-state index < -0.39 is 0 Å². The molecule has 0 amide bonds. The van der Waals surface area contributed by atoms with E-state index in [2.05, 4.69) is 38.7 Å². The van der Waals surface area contributed by atoms with Crippen molar-refractivity contribution >= 4 is 22.7 Å². The molecule has 6 rings (SSSR count). The summed E-state index contributed by atoms with van der Waals surface area (Å²) in [7, 11) is 1.65. The average molecular weight is 511 g/mol. The van der Waals surface area contributed by atoms with Crippen molar-refractivity contribution in [3.63, 3.8) is 0 Å². The van der Waals surface area contributed by atoms with Crippen LogP contribution in [0.5, 0.6) is 5.75 Å². The number of benzene rings is 2. The standard InChI is InChI=1S/C27H22N6OS2/c1-34-22-11-8-19(9-12-22)15-33-31-26(30-32-33)24-17-36-27(29-24)21-7-2-4-18(14-21)10-13-25-28-23(16-35-25)20-5-3-6-20/h2,4,7-9,11-12,14,16-17,20H,3,5-6,15H2,1H3. The van der Waals surface area contributed by atoms with Crippen LogP contribution in [0.25, 0.3) is 22.1 Å². The van der Waals surface area contributed by atoms with Gasteiger partial charge < -0.3 is 4.74 Å². The second-order valence-electron chi connectivity index (χ2n) is 8.57. The third kappa shape index (κ3) is 4.91. The third-order valence-corrected chi connectivity index (χ3v) is 7.81. The van der Waals surface area contributed by atoms with E-state index in [4.69, 9.17) is 14.7 Å². The highest BCUT2D eigenvalue weighted by Crippen LogP contribution is 2.36. The molecular formula is C27H22N6OS2. The first-order valence-electron chi connectivity index (χ1n) is 11.7. The van der Waals surface area contributed by atoms with E-state index in [9.17, 15) is 0 Å². The molecule has 0 saturated heterocycles. The summed E-state index contributed by atoms with van der Waals surface area (Å²) in [5, 5.41) is 18.8. The van der Waals surface area contributed by atoms with Crippen LogP contribution in [0.2, 0.25) is 0 Å². The van der Waals surface area contributed by atoms with Gasteiger partial charge in [-0.15, -0.1) is 32.9 Å². The minimum Gasteiger partial charge on any atom is -0.497 e. The van der Waals surface area contributed by atoms with Crippen LogP contribution in [0, 0.1) is 11.8 Å². The normalized spacial score (nSPS) is 13.1. The summed E-state index contributed by atoms with van der Waals surface area (Å²) in [5.74, 6) is 8.45. The smallest absolute Gasteiger partial charge is 0.224 e. The zero-order valence-corrected chi connectivity index (χ0v) is 21.2. The summed E-state index contributed by atoms with van der Waals surface area (Å²) < 4.78 is 5.21. The molecule has 1 aliphatic carbocycles. The maximum Gasteiger partial charge on any atom is 0.224 e. The van der Waals surface area contributed by atoms with Crippen molar-refractivity contribution < 1.29 is 4.74 Å². The Labute approximate surface area is 216 Å². The fraction of sp³-hybridized carbons (Fsp3) is 0.222. The molecule has 1 aliphatic rings. The van der Waals surface area contributed by atoms with Gasteiger partial charge in [0.2, 0.25) is 5.82 Å². The van der Waals surface area contributed by atoms with Crippen molar-refractivity contribution in [2.45, 2.75) is 31.7 Å². The highest BCUT2D eigenvalue weighted by molar-refractivity contribution is 7.13. The fourth-order valence-corrected chi connectivity index (χ4v) is 5.45. The molecule has 0 bridgehead atoms. The van der Waals surface area contributed by atoms with E-state index in [1.807, 2.05) is 47.8 Å². The van der Waals surface area contributed by atoms with E-state index >= 15 is 0 Å². The molecule has 3 aromatic heterocycles. The van der Waals surface area contributed by atoms with E-state index in [0.29, 0.717) is 24.0 Å². The van der Waals surface area contributed by atoms with Crippen molar-refractivity contribution in [3.8, 4) is 39.7 Å². The van der Waals surface area contributed by atoms with Crippen molar-refractivity contribution in [2.24, 2.45) is 0 Å². The number of hydrogen-bond acceptors (Lipinski definition) is 8. The second-order valence-corrected chi connectivity index (χ2v) is 10.3. The summed E-state index contributed by atoms with van der Waals surface area (Å²) in [5.41, 5.74) is 4.92. The first-order chi connectivity index (χ1) is 17.7. The Bertz CT molecular complexity index is 1550. The number of ether oxygens (including phenoxy) is 1. The van der Waals surface area contributed by atoms with Crippen LogP contribution >= 0.6 is 22.7 Å². The van der Waals surface area contributed by atoms with Gasteiger partial charge in [-0.1, -0.05) is 36.6 Å². The zero-order chi connectivity index (χ0) is 24.3. The zero-order valence-electron chi connectivity index (χ0n) is 19.6. The van der Waals surface area contributed by atoms with E-state index in [0.717, 1.165) is 32.5 Å². The minimum absolute atomic E-state index is 0.507. The fourth-order valence-electron chi connectivity index (χ4n) is 3.91. The number of thiazole rings is 2. The first kappa shape index (κ1) is 22.6. The molecule has 0 N–H and O–H groups in total. The van der Waals surface area contributed by atoms with Crippen LogP contribution in [0.15, 0.2) is 59.3 Å². The molecule has 0 aliphatic heterocycles. The number of hydrogen-bond donors (Lipinski definition) is 0. The van der Waals surface area contributed by atoms with Crippen molar-refractivity contribution in [1.82, 2.24) is 30.2 Å². The monoisotopic (exact) mass is 510 g/mol. The Balaban J connectivity index is 1.15. The topological polar surface area (TPSA) is 78.6 Å². The van der Waals surface area contributed by atoms with Crippen molar-refractivity contribution in [3.05, 3.63) is 81.1 Å². The van der Waals surface area contributed by atoms with Crippen LogP contribution in [0.1, 0.15) is 47.0 Å². The van der Waals surface area contributed by atoms with Gasteiger partial charge in [-0.05, 0) is 53.8 Å². The minimum atomic E-state index is 0.507. The lowest BCUT2D eigenvalue weighted by molar-refractivity contribution is 0.412. The molecule has 0 unspecified atom stereocenters. The Hall–Kier alpha value is -3.87. The van der Waals surface area contributed by atoms with Gasteiger partial charge in [0.15, 0.2) is 5.01 Å². The van der Waals surface area contributed by atoms with Gasteiger partial charge in [-0.2, -0.15) is 4.80 Å². The van der Waals surface area contributed by atoms with E-state index in [1.54, 1.807) is 34.6 Å². The summed E-state index contributed by atoms with van der Waals surface area (Å²) in [6.45, 7) is 0.524. The lowest BCUT2D eigenvalue weighted by Crippen LogP contribution is -2.08. The highest BCUT2D eigenvalue weighted by Gasteiger charge is 2.21. The summed E-state index contributed by atoms with van der Waals surface area (Å²) in [4.78, 5) is 11.0. The molecule has 0 radical (unpaired) electrons. The Morgan fingerprint density at radius 1 is 1.03 bits per heavy atom. The molecule has 0 atom stereocenters. The van der Waals surface area contributed by atoms with Crippen LogP contribution in [0.3, 0.4) is 0 Å². The van der Waals surface area contributed by atoms with Crippen molar-refractivity contribution in [1.29, 1.82) is 0 Å². The summed E-state index contributed by atoms with van der Waals surface area (Å²) in [6, 6.07) is 15.9.